The fourth-order valence-corrected chi connectivity index (χ4v) is 3.01. The van der Waals surface area contributed by atoms with Crippen LogP contribution in [0.25, 0.3) is 10.8 Å². The van der Waals surface area contributed by atoms with E-state index in [9.17, 15) is 13.5 Å². The van der Waals surface area contributed by atoms with Gasteiger partial charge in [0.05, 0.1) is 11.1 Å². The molecule has 0 aliphatic rings. The molecular weight excluding hydrogens is 312 g/mol. The number of nitrogens with one attached hydrogen (secondary N) is 1. The molecule has 0 bridgehead atoms. The summed E-state index contributed by atoms with van der Waals surface area (Å²) in [6, 6.07) is 18.8. The molecule has 0 aliphatic heterocycles. The SMILES string of the molecule is O=S(=O)(N/N=C\c1ccc2ccccc2c1O)c1ccccc1. The molecule has 116 valence electrons. The first-order chi connectivity index (χ1) is 11.1. The Hall–Kier alpha value is -2.86. The summed E-state index contributed by atoms with van der Waals surface area (Å²) >= 11 is 0. The summed E-state index contributed by atoms with van der Waals surface area (Å²) in [7, 11) is -3.72. The lowest BCUT2D eigenvalue weighted by molar-refractivity contribution is 0.481. The molecular formula is C17H14N2O3S. The number of phenolic OH excluding ortho intramolecular Hbond substituents is 1. The van der Waals surface area contributed by atoms with Gasteiger partial charge in [0.25, 0.3) is 10.0 Å². The molecule has 3 rings (SSSR count). The topological polar surface area (TPSA) is 78.8 Å². The van der Waals surface area contributed by atoms with Gasteiger partial charge in [-0.15, -0.1) is 0 Å². The molecule has 0 spiro atoms. The molecule has 5 nitrogen and oxygen atoms in total. The van der Waals surface area contributed by atoms with Crippen molar-refractivity contribution in [2.24, 2.45) is 5.10 Å². The van der Waals surface area contributed by atoms with E-state index in [4.69, 9.17) is 0 Å². The predicted octanol–water partition coefficient (Wildman–Crippen LogP) is 2.86. The number of sulfonamides is 1. The number of benzene rings is 3. The molecule has 3 aromatic rings. The van der Waals surface area contributed by atoms with E-state index in [1.54, 1.807) is 30.3 Å². The van der Waals surface area contributed by atoms with E-state index in [-0.39, 0.29) is 10.6 Å². The van der Waals surface area contributed by atoms with Crippen molar-refractivity contribution in [1.29, 1.82) is 0 Å². The zero-order valence-corrected chi connectivity index (χ0v) is 12.9. The standard InChI is InChI=1S/C17H14N2O3S/c20-17-14(11-10-13-6-4-5-9-16(13)17)12-18-19-23(21,22)15-7-2-1-3-8-15/h1-12,19-20H/b18-12-. The highest BCUT2D eigenvalue weighted by Gasteiger charge is 2.11. The van der Waals surface area contributed by atoms with Gasteiger partial charge in [-0.2, -0.15) is 13.5 Å². The highest BCUT2D eigenvalue weighted by Crippen LogP contribution is 2.27. The second-order valence-corrected chi connectivity index (χ2v) is 6.55. The number of hydrazone groups is 1. The van der Waals surface area contributed by atoms with Crippen molar-refractivity contribution in [3.05, 3.63) is 72.3 Å². The Morgan fingerprint density at radius 3 is 2.39 bits per heavy atom. The summed E-state index contributed by atoms with van der Waals surface area (Å²) in [6.07, 6.45) is 1.28. The van der Waals surface area contributed by atoms with Gasteiger partial charge in [-0.1, -0.05) is 48.5 Å². The van der Waals surface area contributed by atoms with Gasteiger partial charge >= 0.3 is 0 Å². The summed E-state index contributed by atoms with van der Waals surface area (Å²) in [5.41, 5.74) is 0.430. The van der Waals surface area contributed by atoms with Crippen molar-refractivity contribution >= 4 is 27.0 Å². The van der Waals surface area contributed by atoms with Crippen molar-refractivity contribution in [2.45, 2.75) is 4.90 Å². The van der Waals surface area contributed by atoms with Crippen molar-refractivity contribution in [2.75, 3.05) is 0 Å². The first-order valence-corrected chi connectivity index (χ1v) is 8.37. The minimum Gasteiger partial charge on any atom is -0.507 e. The average molecular weight is 326 g/mol. The van der Waals surface area contributed by atoms with E-state index in [2.05, 4.69) is 9.93 Å². The lowest BCUT2D eigenvalue weighted by atomic mass is 10.1. The number of aromatic hydroxyl groups is 1. The Balaban J connectivity index is 1.85. The zero-order chi connectivity index (χ0) is 16.3. The quantitative estimate of drug-likeness (QED) is 0.571. The van der Waals surface area contributed by atoms with Gasteiger partial charge in [-0.3, -0.25) is 0 Å². The third kappa shape index (κ3) is 3.17. The normalized spacial score (nSPS) is 11.8. The van der Waals surface area contributed by atoms with E-state index in [1.165, 1.54) is 18.3 Å². The maximum atomic E-state index is 12.0. The van der Waals surface area contributed by atoms with Crippen LogP contribution in [0.1, 0.15) is 5.56 Å². The maximum absolute atomic E-state index is 12.0. The summed E-state index contributed by atoms with van der Waals surface area (Å²) in [4.78, 5) is 2.25. The second-order valence-electron chi connectivity index (χ2n) is 4.89. The van der Waals surface area contributed by atoms with Crippen molar-refractivity contribution < 1.29 is 13.5 Å². The summed E-state index contributed by atoms with van der Waals surface area (Å²) in [5, 5.41) is 15.5. The van der Waals surface area contributed by atoms with Crippen LogP contribution in [0.5, 0.6) is 5.75 Å². The molecule has 0 atom stereocenters. The Bertz CT molecular complexity index is 968. The molecule has 0 unspecified atom stereocenters. The average Bonchev–Trinajstić information content (AvgIpc) is 2.58. The van der Waals surface area contributed by atoms with Gasteiger partial charge in [0.15, 0.2) is 0 Å². The van der Waals surface area contributed by atoms with Crippen molar-refractivity contribution in [3.8, 4) is 5.75 Å². The molecule has 2 N–H and O–H groups in total. The Morgan fingerprint density at radius 2 is 1.61 bits per heavy atom. The van der Waals surface area contributed by atoms with Crippen LogP contribution in [0.4, 0.5) is 0 Å². The van der Waals surface area contributed by atoms with Gasteiger partial charge in [0.2, 0.25) is 0 Å². The van der Waals surface area contributed by atoms with Gasteiger partial charge in [0.1, 0.15) is 5.75 Å². The van der Waals surface area contributed by atoms with Gasteiger partial charge in [-0.05, 0) is 23.6 Å². The fraction of sp³-hybridized carbons (Fsp3) is 0. The third-order valence-electron chi connectivity index (χ3n) is 3.36. The van der Waals surface area contributed by atoms with E-state index >= 15 is 0 Å². The lowest BCUT2D eigenvalue weighted by Gasteiger charge is -2.05. The minimum atomic E-state index is -3.72. The number of rotatable bonds is 4. The number of fused-ring (bicyclic) bond motifs is 1. The number of hydrogen-bond acceptors (Lipinski definition) is 4. The van der Waals surface area contributed by atoms with Crippen molar-refractivity contribution in [1.82, 2.24) is 4.83 Å². The monoisotopic (exact) mass is 326 g/mol. The molecule has 0 saturated carbocycles. The largest absolute Gasteiger partial charge is 0.507 e. The number of phenols is 1. The van der Waals surface area contributed by atoms with Crippen LogP contribution in [0.2, 0.25) is 0 Å². The molecule has 0 radical (unpaired) electrons. The number of nitrogens with zero attached hydrogens (tertiary/aromatic N) is 1. The Kier molecular flexibility index (Phi) is 3.99. The summed E-state index contributed by atoms with van der Waals surface area (Å²) in [5.74, 6) is 0.0609. The summed E-state index contributed by atoms with van der Waals surface area (Å²) in [6.45, 7) is 0. The highest BCUT2D eigenvalue weighted by atomic mass is 32.2. The fourth-order valence-electron chi connectivity index (χ4n) is 2.19. The van der Waals surface area contributed by atoms with Crippen LogP contribution in [0.15, 0.2) is 76.7 Å². The predicted molar refractivity (Wildman–Crippen MR) is 90.0 cm³/mol. The maximum Gasteiger partial charge on any atom is 0.276 e. The smallest absolute Gasteiger partial charge is 0.276 e. The zero-order valence-electron chi connectivity index (χ0n) is 12.0. The Morgan fingerprint density at radius 1 is 0.913 bits per heavy atom. The van der Waals surface area contributed by atoms with E-state index in [0.717, 1.165) is 5.39 Å². The van der Waals surface area contributed by atoms with Crippen molar-refractivity contribution in [3.63, 3.8) is 0 Å². The van der Waals surface area contributed by atoms with Crippen LogP contribution < -0.4 is 4.83 Å². The molecule has 0 saturated heterocycles. The van der Waals surface area contributed by atoms with Crippen LogP contribution in [-0.2, 0) is 10.0 Å². The van der Waals surface area contributed by atoms with Crippen LogP contribution in [0.3, 0.4) is 0 Å². The number of hydrogen-bond donors (Lipinski definition) is 2. The van der Waals surface area contributed by atoms with Gasteiger partial charge < -0.3 is 5.11 Å². The van der Waals surface area contributed by atoms with E-state index < -0.39 is 10.0 Å². The minimum absolute atomic E-state index is 0.0609. The molecule has 0 aromatic heterocycles. The molecule has 0 heterocycles. The molecule has 0 amide bonds. The molecule has 3 aromatic carbocycles. The van der Waals surface area contributed by atoms with Crippen LogP contribution >= 0.6 is 0 Å². The second kappa shape index (κ2) is 6.10. The lowest BCUT2D eigenvalue weighted by Crippen LogP contribution is -2.18. The summed E-state index contributed by atoms with van der Waals surface area (Å²) < 4.78 is 24.1. The van der Waals surface area contributed by atoms with Gasteiger partial charge in [0, 0.05) is 10.9 Å². The third-order valence-corrected chi connectivity index (χ3v) is 4.60. The van der Waals surface area contributed by atoms with E-state index in [0.29, 0.717) is 10.9 Å². The van der Waals surface area contributed by atoms with Gasteiger partial charge in [-0.25, -0.2) is 4.83 Å². The van der Waals surface area contributed by atoms with Crippen LogP contribution in [0, 0.1) is 0 Å². The van der Waals surface area contributed by atoms with Crippen LogP contribution in [-0.4, -0.2) is 19.7 Å². The van der Waals surface area contributed by atoms with E-state index in [1.807, 2.05) is 24.3 Å². The molecule has 6 heteroatoms. The first kappa shape index (κ1) is 15.1. The first-order valence-electron chi connectivity index (χ1n) is 6.88. The molecule has 0 aliphatic carbocycles. The molecule has 0 fully saturated rings. The Labute approximate surface area is 134 Å². The highest BCUT2D eigenvalue weighted by molar-refractivity contribution is 7.89. The molecule has 23 heavy (non-hydrogen) atoms.